The van der Waals surface area contributed by atoms with Crippen molar-refractivity contribution in [3.63, 3.8) is 0 Å². The van der Waals surface area contributed by atoms with Gasteiger partial charge in [0.05, 0.1) is 0 Å². The maximum absolute atomic E-state index is 12.9. The normalized spacial score (nSPS) is 25.0. The predicted octanol–water partition coefficient (Wildman–Crippen LogP) is 5.12. The van der Waals surface area contributed by atoms with Crippen LogP contribution < -0.4 is 4.90 Å². The van der Waals surface area contributed by atoms with Gasteiger partial charge in [-0.15, -0.1) is 0 Å². The molecule has 0 aromatic heterocycles. The zero-order chi connectivity index (χ0) is 19.4. The van der Waals surface area contributed by atoms with Crippen molar-refractivity contribution in [2.45, 2.75) is 44.8 Å². The molecule has 0 saturated carbocycles. The Hall–Kier alpha value is -2.02. The minimum absolute atomic E-state index is 0.491. The molecule has 2 fully saturated rings. The van der Waals surface area contributed by atoms with Crippen LogP contribution in [0.4, 0.5) is 10.5 Å². The van der Waals surface area contributed by atoms with Crippen LogP contribution in [-0.4, -0.2) is 24.0 Å². The quantitative estimate of drug-likeness (QED) is 0.672. The van der Waals surface area contributed by atoms with E-state index in [0.29, 0.717) is 5.02 Å². The van der Waals surface area contributed by atoms with Crippen LogP contribution in [0.2, 0.25) is 5.02 Å². The first-order chi connectivity index (χ1) is 12.7. The third-order valence-electron chi connectivity index (χ3n) is 5.74. The zero-order valence-corrected chi connectivity index (χ0v) is 16.6. The Bertz CT molecular complexity index is 853. The lowest BCUT2D eigenvalue weighted by molar-refractivity contribution is 0.00578. The number of benzene rings is 2. The van der Waals surface area contributed by atoms with Gasteiger partial charge in [-0.1, -0.05) is 47.5 Å². The molecule has 1 unspecified atom stereocenters. The molecular weight excluding hydrogens is 364 g/mol. The predicted molar refractivity (Wildman–Crippen MR) is 106 cm³/mol. The van der Waals surface area contributed by atoms with Crippen molar-refractivity contribution in [3.8, 4) is 0 Å². The van der Waals surface area contributed by atoms with Crippen molar-refractivity contribution in [1.82, 2.24) is 0 Å². The molecule has 0 aliphatic carbocycles. The molecular formula is C20H22BClNO4-. The SMILES string of the molecule is CC1(C)O[B-]2(OC(=O)N(c3ccccc3)C2c2ccc(Cl)cc2)OC1(C)C. The van der Waals surface area contributed by atoms with Crippen LogP contribution in [0, 0.1) is 0 Å². The van der Waals surface area contributed by atoms with Gasteiger partial charge in [0.2, 0.25) is 0 Å². The maximum atomic E-state index is 12.9. The Morgan fingerprint density at radius 2 is 1.48 bits per heavy atom. The molecule has 142 valence electrons. The second-order valence-electron chi connectivity index (χ2n) is 8.04. The van der Waals surface area contributed by atoms with Crippen molar-refractivity contribution in [1.29, 1.82) is 0 Å². The minimum Gasteiger partial charge on any atom is -0.625 e. The Kier molecular flexibility index (Phi) is 4.07. The molecule has 4 rings (SSSR count). The van der Waals surface area contributed by atoms with Crippen LogP contribution in [-0.2, 0) is 14.0 Å². The van der Waals surface area contributed by atoms with E-state index in [1.54, 1.807) is 17.0 Å². The fourth-order valence-corrected chi connectivity index (χ4v) is 3.89. The first-order valence-corrected chi connectivity index (χ1v) is 9.40. The number of para-hydroxylation sites is 1. The van der Waals surface area contributed by atoms with Gasteiger partial charge in [-0.25, -0.2) is 4.79 Å². The van der Waals surface area contributed by atoms with Crippen molar-refractivity contribution in [2.24, 2.45) is 0 Å². The van der Waals surface area contributed by atoms with Crippen LogP contribution in [0.1, 0.15) is 39.2 Å². The Morgan fingerprint density at radius 1 is 0.926 bits per heavy atom. The second kappa shape index (κ2) is 5.99. The molecule has 2 aliphatic rings. The van der Waals surface area contributed by atoms with Gasteiger partial charge in [-0.05, 0) is 52.0 Å². The third kappa shape index (κ3) is 2.83. The Balaban J connectivity index is 1.87. The van der Waals surface area contributed by atoms with E-state index < -0.39 is 30.0 Å². The van der Waals surface area contributed by atoms with E-state index >= 15 is 0 Å². The molecule has 1 spiro atoms. The molecule has 2 aromatic rings. The summed E-state index contributed by atoms with van der Waals surface area (Å²) in [6, 6.07) is 16.7. The van der Waals surface area contributed by atoms with Crippen LogP contribution >= 0.6 is 11.6 Å². The lowest BCUT2D eigenvalue weighted by Crippen LogP contribution is -2.47. The summed E-state index contributed by atoms with van der Waals surface area (Å²) >= 11 is 6.07. The van der Waals surface area contributed by atoms with E-state index in [2.05, 4.69) is 0 Å². The molecule has 27 heavy (non-hydrogen) atoms. The van der Waals surface area contributed by atoms with E-state index in [1.165, 1.54) is 0 Å². The summed E-state index contributed by atoms with van der Waals surface area (Å²) in [7, 11) is 0. The molecule has 5 nitrogen and oxygen atoms in total. The summed E-state index contributed by atoms with van der Waals surface area (Å²) < 4.78 is 18.5. The van der Waals surface area contributed by atoms with Gasteiger partial charge in [0.25, 0.3) is 0 Å². The van der Waals surface area contributed by atoms with Crippen molar-refractivity contribution in [2.75, 3.05) is 4.90 Å². The summed E-state index contributed by atoms with van der Waals surface area (Å²) in [4.78, 5) is 14.5. The fraction of sp³-hybridized carbons (Fsp3) is 0.350. The molecule has 0 radical (unpaired) electrons. The first-order valence-electron chi connectivity index (χ1n) is 9.02. The number of carbonyl (C=O) groups is 1. The van der Waals surface area contributed by atoms with E-state index in [1.807, 2.05) is 70.2 Å². The number of rotatable bonds is 2. The van der Waals surface area contributed by atoms with Crippen molar-refractivity contribution >= 4 is 30.1 Å². The maximum Gasteiger partial charge on any atom is 0.466 e. The van der Waals surface area contributed by atoms with Gasteiger partial charge in [-0.3, -0.25) is 0 Å². The van der Waals surface area contributed by atoms with E-state index in [9.17, 15) is 4.79 Å². The topological polar surface area (TPSA) is 48.0 Å². The lowest BCUT2D eigenvalue weighted by atomic mass is 9.65. The van der Waals surface area contributed by atoms with Gasteiger partial charge >= 0.3 is 12.8 Å². The van der Waals surface area contributed by atoms with Gasteiger partial charge in [-0.2, -0.15) is 0 Å². The highest BCUT2D eigenvalue weighted by Crippen LogP contribution is 2.52. The summed E-state index contributed by atoms with van der Waals surface area (Å²) in [5.41, 5.74) is 0.286. The highest BCUT2D eigenvalue weighted by Gasteiger charge is 2.64. The molecule has 2 aliphatic heterocycles. The summed E-state index contributed by atoms with van der Waals surface area (Å²) in [5.74, 6) is -0.557. The number of carbonyl (C=O) groups excluding carboxylic acids is 1. The van der Waals surface area contributed by atoms with Gasteiger partial charge < -0.3 is 18.9 Å². The molecule has 1 amide bonds. The molecule has 2 heterocycles. The lowest BCUT2D eigenvalue weighted by Gasteiger charge is -2.37. The minimum atomic E-state index is -2.38. The average Bonchev–Trinajstić information content (AvgIpc) is 2.96. The van der Waals surface area contributed by atoms with Crippen molar-refractivity contribution in [3.05, 3.63) is 65.2 Å². The summed E-state index contributed by atoms with van der Waals surface area (Å²) in [6.07, 6.45) is -0.491. The number of anilines is 1. The van der Waals surface area contributed by atoms with Gasteiger partial charge in [0.15, 0.2) is 0 Å². The third-order valence-corrected chi connectivity index (χ3v) is 5.99. The Labute approximate surface area is 164 Å². The van der Waals surface area contributed by atoms with Crippen molar-refractivity contribution < 1.29 is 18.8 Å². The summed E-state index contributed by atoms with van der Waals surface area (Å²) in [6.45, 7) is 5.40. The van der Waals surface area contributed by atoms with Crippen LogP contribution in [0.5, 0.6) is 0 Å². The number of amides is 1. The van der Waals surface area contributed by atoms with E-state index in [0.717, 1.165) is 11.3 Å². The number of hydrogen-bond acceptors (Lipinski definition) is 4. The van der Waals surface area contributed by atoms with E-state index in [4.69, 9.17) is 25.6 Å². The van der Waals surface area contributed by atoms with E-state index in [-0.39, 0.29) is 0 Å². The first kappa shape index (κ1) is 18.4. The van der Waals surface area contributed by atoms with Gasteiger partial charge in [0.1, 0.15) is 0 Å². The molecule has 0 N–H and O–H groups in total. The number of nitrogens with zero attached hydrogens (tertiary/aromatic N) is 1. The summed E-state index contributed by atoms with van der Waals surface area (Å²) in [5, 5.41) is 0.616. The molecule has 7 heteroatoms. The number of halogens is 1. The monoisotopic (exact) mass is 386 g/mol. The van der Waals surface area contributed by atoms with Gasteiger partial charge in [0, 0.05) is 27.9 Å². The molecule has 0 bridgehead atoms. The van der Waals surface area contributed by atoms with Crippen LogP contribution in [0.25, 0.3) is 0 Å². The van der Waals surface area contributed by atoms with Crippen LogP contribution in [0.3, 0.4) is 0 Å². The highest BCUT2D eigenvalue weighted by atomic mass is 35.5. The van der Waals surface area contributed by atoms with Crippen LogP contribution in [0.15, 0.2) is 54.6 Å². The smallest absolute Gasteiger partial charge is 0.466 e. The molecule has 1 atom stereocenters. The zero-order valence-electron chi connectivity index (χ0n) is 15.8. The second-order valence-corrected chi connectivity index (χ2v) is 8.48. The molecule has 2 aromatic carbocycles. The highest BCUT2D eigenvalue weighted by molar-refractivity contribution is 6.68. The Morgan fingerprint density at radius 3 is 2.04 bits per heavy atom. The largest absolute Gasteiger partial charge is 0.625 e. The fourth-order valence-electron chi connectivity index (χ4n) is 3.76. The standard InChI is InChI=1S/C20H22BClNO4/c1-19(2)20(3,4)27-21(26-19)17(14-10-12-15(22)13-11-14)23(18(24)25-21)16-8-6-5-7-9-16/h5-13,17H,1-4H3/q-1. The molecule has 2 saturated heterocycles. The average molecular weight is 387 g/mol. The number of hydrogen-bond donors (Lipinski definition) is 0.